The molecule has 0 aliphatic heterocycles. The van der Waals surface area contributed by atoms with E-state index in [1.54, 1.807) is 0 Å². The molecule has 0 bridgehead atoms. The maximum absolute atomic E-state index is 5.44. The van der Waals surface area contributed by atoms with Crippen LogP contribution in [0.3, 0.4) is 0 Å². The van der Waals surface area contributed by atoms with Gasteiger partial charge >= 0.3 is 0 Å². The first-order valence-corrected chi connectivity index (χ1v) is 6.81. The quantitative estimate of drug-likeness (QED) is 0.773. The Labute approximate surface area is 121 Å². The number of tetrazole rings is 1. The number of aromatic nitrogens is 5. The number of nitrogens with one attached hydrogen (secondary N) is 1. The average molecular weight is 284 g/mol. The predicted octanol–water partition coefficient (Wildman–Crippen LogP) is 2.09. The summed E-state index contributed by atoms with van der Waals surface area (Å²) in [7, 11) is 0. The van der Waals surface area contributed by atoms with Crippen molar-refractivity contribution in [2.75, 3.05) is 11.9 Å². The van der Waals surface area contributed by atoms with Gasteiger partial charge in [-0.3, -0.25) is 0 Å². The van der Waals surface area contributed by atoms with Crippen LogP contribution >= 0.6 is 0 Å². The molecule has 2 heterocycles. The molecule has 1 aromatic carbocycles. The fourth-order valence-corrected chi connectivity index (χ4v) is 2.05. The van der Waals surface area contributed by atoms with E-state index in [0.717, 1.165) is 17.1 Å². The summed E-state index contributed by atoms with van der Waals surface area (Å²) in [6.45, 7) is 4.71. The molecule has 0 aliphatic rings. The van der Waals surface area contributed by atoms with Gasteiger partial charge in [-0.15, -0.1) is 14.8 Å². The molecule has 7 nitrogen and oxygen atoms in total. The van der Waals surface area contributed by atoms with Gasteiger partial charge < -0.3 is 10.1 Å². The molecular weight excluding hydrogens is 268 g/mol. The largest absolute Gasteiger partial charge is 0.494 e. The molecule has 21 heavy (non-hydrogen) atoms. The molecule has 108 valence electrons. The Morgan fingerprint density at radius 3 is 2.76 bits per heavy atom. The van der Waals surface area contributed by atoms with E-state index in [-0.39, 0.29) is 6.04 Å². The summed E-state index contributed by atoms with van der Waals surface area (Å²) < 4.78 is 6.84. The van der Waals surface area contributed by atoms with Crippen LogP contribution in [0.15, 0.2) is 36.4 Å². The minimum atomic E-state index is 0.113. The Balaban J connectivity index is 1.73. The van der Waals surface area contributed by atoms with Crippen molar-refractivity contribution in [2.45, 2.75) is 19.9 Å². The lowest BCUT2D eigenvalue weighted by atomic mass is 10.1. The van der Waals surface area contributed by atoms with Gasteiger partial charge in [0.25, 0.3) is 0 Å². The third kappa shape index (κ3) is 2.91. The Morgan fingerprint density at radius 1 is 1.19 bits per heavy atom. The normalized spacial score (nSPS) is 12.3. The van der Waals surface area contributed by atoms with Crippen LogP contribution in [0.5, 0.6) is 5.75 Å². The van der Waals surface area contributed by atoms with E-state index in [9.17, 15) is 0 Å². The fraction of sp³-hybridized carbons (Fsp3) is 0.286. The van der Waals surface area contributed by atoms with Crippen LogP contribution in [-0.4, -0.2) is 31.9 Å². The van der Waals surface area contributed by atoms with Crippen LogP contribution in [0, 0.1) is 0 Å². The van der Waals surface area contributed by atoms with Crippen LogP contribution in [0.1, 0.15) is 25.5 Å². The fourth-order valence-electron chi connectivity index (χ4n) is 2.05. The van der Waals surface area contributed by atoms with E-state index in [2.05, 4.69) is 32.9 Å². The van der Waals surface area contributed by atoms with E-state index in [1.165, 1.54) is 4.63 Å². The SMILES string of the molecule is CCOc1ccc(C(C)Nc2ccc3nnnn3n2)cc1. The van der Waals surface area contributed by atoms with Gasteiger partial charge in [0.15, 0.2) is 5.65 Å². The second-order valence-electron chi connectivity index (χ2n) is 4.61. The van der Waals surface area contributed by atoms with E-state index in [1.807, 2.05) is 43.3 Å². The van der Waals surface area contributed by atoms with Gasteiger partial charge in [-0.1, -0.05) is 12.1 Å². The number of ether oxygens (including phenoxy) is 1. The number of hydrogen-bond donors (Lipinski definition) is 1. The van der Waals surface area contributed by atoms with Crippen molar-refractivity contribution in [2.24, 2.45) is 0 Å². The minimum absolute atomic E-state index is 0.113. The van der Waals surface area contributed by atoms with E-state index in [4.69, 9.17) is 4.74 Å². The molecule has 0 amide bonds. The van der Waals surface area contributed by atoms with Crippen molar-refractivity contribution < 1.29 is 4.74 Å². The third-order valence-corrected chi connectivity index (χ3v) is 3.13. The second kappa shape index (κ2) is 5.74. The molecule has 3 rings (SSSR count). The number of hydrogen-bond acceptors (Lipinski definition) is 6. The monoisotopic (exact) mass is 284 g/mol. The summed E-state index contributed by atoms with van der Waals surface area (Å²) >= 11 is 0. The van der Waals surface area contributed by atoms with Crippen molar-refractivity contribution in [1.29, 1.82) is 0 Å². The van der Waals surface area contributed by atoms with E-state index >= 15 is 0 Å². The Kier molecular flexibility index (Phi) is 3.63. The summed E-state index contributed by atoms with van der Waals surface area (Å²) in [5, 5.41) is 18.8. The molecule has 0 saturated heterocycles. The summed E-state index contributed by atoms with van der Waals surface area (Å²) in [5.41, 5.74) is 1.77. The number of anilines is 1. The van der Waals surface area contributed by atoms with Gasteiger partial charge in [-0.05, 0) is 54.1 Å². The van der Waals surface area contributed by atoms with Crippen LogP contribution in [-0.2, 0) is 0 Å². The number of rotatable bonds is 5. The highest BCUT2D eigenvalue weighted by atomic mass is 16.5. The van der Waals surface area contributed by atoms with Crippen LogP contribution < -0.4 is 10.1 Å². The standard InChI is InChI=1S/C14H16N6O/c1-3-21-12-6-4-11(5-7-12)10(2)15-13-8-9-14-16-18-19-20(14)17-13/h4-10H,3H2,1-2H3,(H,15,17). The molecule has 1 atom stereocenters. The maximum Gasteiger partial charge on any atom is 0.200 e. The average Bonchev–Trinajstić information content (AvgIpc) is 2.96. The van der Waals surface area contributed by atoms with Gasteiger partial charge in [0, 0.05) is 0 Å². The van der Waals surface area contributed by atoms with Crippen molar-refractivity contribution >= 4 is 11.5 Å². The Morgan fingerprint density at radius 2 is 2.00 bits per heavy atom. The third-order valence-electron chi connectivity index (χ3n) is 3.13. The number of benzene rings is 1. The molecule has 1 N–H and O–H groups in total. The van der Waals surface area contributed by atoms with Crippen molar-refractivity contribution in [1.82, 2.24) is 25.3 Å². The summed E-state index contributed by atoms with van der Waals surface area (Å²) in [6, 6.07) is 11.8. The topological polar surface area (TPSA) is 77.2 Å². The van der Waals surface area contributed by atoms with Gasteiger partial charge in [-0.2, -0.15) is 0 Å². The lowest BCUT2D eigenvalue weighted by Crippen LogP contribution is -2.09. The number of nitrogens with zero attached hydrogens (tertiary/aromatic N) is 5. The molecule has 0 fully saturated rings. The molecule has 0 radical (unpaired) electrons. The molecule has 0 aliphatic carbocycles. The predicted molar refractivity (Wildman–Crippen MR) is 78.2 cm³/mol. The van der Waals surface area contributed by atoms with Gasteiger partial charge in [-0.25, -0.2) is 0 Å². The summed E-state index contributed by atoms with van der Waals surface area (Å²) in [6.07, 6.45) is 0. The molecule has 3 aromatic rings. The maximum atomic E-state index is 5.44. The van der Waals surface area contributed by atoms with Crippen molar-refractivity contribution in [3.05, 3.63) is 42.0 Å². The number of fused-ring (bicyclic) bond motifs is 1. The lowest BCUT2D eigenvalue weighted by molar-refractivity contribution is 0.340. The van der Waals surface area contributed by atoms with Gasteiger partial charge in [0.2, 0.25) is 0 Å². The summed E-state index contributed by atoms with van der Waals surface area (Å²) in [4.78, 5) is 0. The Hall–Kier alpha value is -2.70. The smallest absolute Gasteiger partial charge is 0.200 e. The Bertz CT molecular complexity index is 724. The first kappa shape index (κ1) is 13.3. The van der Waals surface area contributed by atoms with Crippen LogP contribution in [0.2, 0.25) is 0 Å². The molecule has 1 unspecified atom stereocenters. The highest BCUT2D eigenvalue weighted by molar-refractivity contribution is 5.44. The van der Waals surface area contributed by atoms with Gasteiger partial charge in [0.1, 0.15) is 11.6 Å². The highest BCUT2D eigenvalue weighted by Gasteiger charge is 2.07. The zero-order valence-electron chi connectivity index (χ0n) is 11.9. The second-order valence-corrected chi connectivity index (χ2v) is 4.61. The first-order valence-electron chi connectivity index (χ1n) is 6.81. The lowest BCUT2D eigenvalue weighted by Gasteiger charge is -2.15. The molecule has 0 saturated carbocycles. The van der Waals surface area contributed by atoms with E-state index in [0.29, 0.717) is 12.3 Å². The van der Waals surface area contributed by atoms with Crippen molar-refractivity contribution in [3.63, 3.8) is 0 Å². The molecular formula is C14H16N6O. The molecule has 7 heteroatoms. The first-order chi connectivity index (χ1) is 10.3. The summed E-state index contributed by atoms with van der Waals surface area (Å²) in [5.74, 6) is 1.60. The van der Waals surface area contributed by atoms with Crippen LogP contribution in [0.25, 0.3) is 5.65 Å². The highest BCUT2D eigenvalue weighted by Crippen LogP contribution is 2.20. The van der Waals surface area contributed by atoms with Gasteiger partial charge in [0.05, 0.1) is 12.6 Å². The minimum Gasteiger partial charge on any atom is -0.494 e. The van der Waals surface area contributed by atoms with Crippen molar-refractivity contribution in [3.8, 4) is 5.75 Å². The van der Waals surface area contributed by atoms with E-state index < -0.39 is 0 Å². The van der Waals surface area contributed by atoms with Crippen LogP contribution in [0.4, 0.5) is 5.82 Å². The zero-order chi connectivity index (χ0) is 14.7. The molecule has 0 spiro atoms. The zero-order valence-corrected chi connectivity index (χ0v) is 11.9. The molecule has 2 aromatic heterocycles.